The van der Waals surface area contributed by atoms with Gasteiger partial charge < -0.3 is 9.47 Å². The highest BCUT2D eigenvalue weighted by molar-refractivity contribution is 4.65. The van der Waals surface area contributed by atoms with Crippen LogP contribution in [0.4, 0.5) is 4.39 Å². The molecule has 0 aliphatic heterocycles. The summed E-state index contributed by atoms with van der Waals surface area (Å²) >= 11 is 0. The number of hydrogen-bond acceptors (Lipinski definition) is 2. The fourth-order valence-electron chi connectivity index (χ4n) is 0.705. The fraction of sp³-hybridized carbons (Fsp3) is 0.778. The Morgan fingerprint density at radius 1 is 1.58 bits per heavy atom. The molecule has 0 saturated carbocycles. The van der Waals surface area contributed by atoms with Crippen molar-refractivity contribution in [3.63, 3.8) is 0 Å². The van der Waals surface area contributed by atoms with Crippen LogP contribution in [-0.2, 0) is 9.47 Å². The summed E-state index contributed by atoms with van der Waals surface area (Å²) in [6, 6.07) is 0. The van der Waals surface area contributed by atoms with Crippen molar-refractivity contribution < 1.29 is 13.9 Å². The molecule has 1 unspecified atom stereocenters. The second-order valence-corrected chi connectivity index (χ2v) is 2.47. The van der Waals surface area contributed by atoms with Gasteiger partial charge in [0.2, 0.25) is 0 Å². The highest BCUT2D eigenvalue weighted by Gasteiger charge is 2.07. The minimum absolute atomic E-state index is 0.308. The summed E-state index contributed by atoms with van der Waals surface area (Å²) in [4.78, 5) is 0. The maximum absolute atomic E-state index is 12.2. The van der Waals surface area contributed by atoms with Crippen LogP contribution in [-0.4, -0.2) is 32.6 Å². The van der Waals surface area contributed by atoms with Crippen LogP contribution in [0.2, 0.25) is 0 Å². The first-order valence-electron chi connectivity index (χ1n) is 4.21. The van der Waals surface area contributed by atoms with E-state index in [9.17, 15) is 4.39 Å². The van der Waals surface area contributed by atoms with Crippen molar-refractivity contribution in [1.82, 2.24) is 0 Å². The molecule has 2 nitrogen and oxygen atoms in total. The van der Waals surface area contributed by atoms with Crippen molar-refractivity contribution in [3.05, 3.63) is 12.7 Å². The van der Waals surface area contributed by atoms with Crippen LogP contribution < -0.4 is 0 Å². The lowest BCUT2D eigenvalue weighted by Crippen LogP contribution is -2.22. The van der Waals surface area contributed by atoms with Crippen molar-refractivity contribution in [1.29, 1.82) is 0 Å². The zero-order valence-corrected chi connectivity index (χ0v) is 7.59. The molecule has 1 atom stereocenters. The number of rotatable bonds is 8. The quantitative estimate of drug-likeness (QED) is 0.415. The molecule has 0 radical (unpaired) electrons. The summed E-state index contributed by atoms with van der Waals surface area (Å²) in [6.45, 7) is 6.33. The number of ether oxygens (including phenoxy) is 2. The Morgan fingerprint density at radius 3 is 2.83 bits per heavy atom. The highest BCUT2D eigenvalue weighted by atomic mass is 19.1. The maximum Gasteiger partial charge on any atom is 0.118 e. The van der Waals surface area contributed by atoms with E-state index in [1.807, 2.05) is 6.92 Å². The summed E-state index contributed by atoms with van der Waals surface area (Å²) in [5.74, 6) is 0. The molecule has 0 aliphatic carbocycles. The molecular formula is C9H17FO2. The van der Waals surface area contributed by atoms with Crippen molar-refractivity contribution in [2.24, 2.45) is 0 Å². The third-order valence-electron chi connectivity index (χ3n) is 1.27. The SMILES string of the molecule is C=CCOCC(CF)OCCC. The van der Waals surface area contributed by atoms with Gasteiger partial charge in [-0.2, -0.15) is 0 Å². The smallest absolute Gasteiger partial charge is 0.118 e. The first kappa shape index (κ1) is 11.6. The molecule has 0 rings (SSSR count). The third-order valence-corrected chi connectivity index (χ3v) is 1.27. The second-order valence-electron chi connectivity index (χ2n) is 2.47. The van der Waals surface area contributed by atoms with Gasteiger partial charge in [0.05, 0.1) is 13.2 Å². The molecule has 0 fully saturated rings. The zero-order chi connectivity index (χ0) is 9.23. The van der Waals surface area contributed by atoms with E-state index in [1.165, 1.54) is 0 Å². The standard InChI is InChI=1S/C9H17FO2/c1-3-5-11-8-9(7-10)12-6-4-2/h3,9H,1,4-8H2,2H3. The van der Waals surface area contributed by atoms with Gasteiger partial charge >= 0.3 is 0 Å². The van der Waals surface area contributed by atoms with Crippen LogP contribution in [0.5, 0.6) is 0 Å². The van der Waals surface area contributed by atoms with Gasteiger partial charge in [-0.3, -0.25) is 0 Å². The summed E-state index contributed by atoms with van der Waals surface area (Å²) < 4.78 is 22.4. The van der Waals surface area contributed by atoms with E-state index >= 15 is 0 Å². The zero-order valence-electron chi connectivity index (χ0n) is 7.59. The molecule has 0 heterocycles. The Kier molecular flexibility index (Phi) is 8.39. The summed E-state index contributed by atoms with van der Waals surface area (Å²) in [7, 11) is 0. The molecule has 0 aliphatic rings. The van der Waals surface area contributed by atoms with Crippen LogP contribution in [0.3, 0.4) is 0 Å². The fourth-order valence-corrected chi connectivity index (χ4v) is 0.705. The molecule has 0 spiro atoms. The van der Waals surface area contributed by atoms with Gasteiger partial charge in [-0.1, -0.05) is 13.0 Å². The number of halogens is 1. The molecule has 12 heavy (non-hydrogen) atoms. The summed E-state index contributed by atoms with van der Waals surface area (Å²) in [6.07, 6.45) is 2.12. The van der Waals surface area contributed by atoms with Crippen molar-refractivity contribution in [2.45, 2.75) is 19.4 Å². The van der Waals surface area contributed by atoms with Crippen LogP contribution in [0.15, 0.2) is 12.7 Å². The first-order valence-corrected chi connectivity index (χ1v) is 4.21. The van der Waals surface area contributed by atoms with Gasteiger partial charge in [-0.05, 0) is 6.42 Å². The highest BCUT2D eigenvalue weighted by Crippen LogP contribution is 1.96. The van der Waals surface area contributed by atoms with Gasteiger partial charge in [0.15, 0.2) is 0 Å². The predicted octanol–water partition coefficient (Wildman–Crippen LogP) is 1.95. The van der Waals surface area contributed by atoms with Gasteiger partial charge in [0, 0.05) is 6.61 Å². The van der Waals surface area contributed by atoms with E-state index in [4.69, 9.17) is 9.47 Å². The Hall–Kier alpha value is -0.410. The molecule has 3 heteroatoms. The van der Waals surface area contributed by atoms with E-state index in [-0.39, 0.29) is 0 Å². The average Bonchev–Trinajstić information content (AvgIpc) is 2.11. The average molecular weight is 176 g/mol. The lowest BCUT2D eigenvalue weighted by molar-refractivity contribution is -0.0212. The maximum atomic E-state index is 12.2. The first-order chi connectivity index (χ1) is 5.85. The van der Waals surface area contributed by atoms with Gasteiger partial charge in [0.1, 0.15) is 12.8 Å². The predicted molar refractivity (Wildman–Crippen MR) is 47.0 cm³/mol. The largest absolute Gasteiger partial charge is 0.375 e. The molecular weight excluding hydrogens is 159 g/mol. The lowest BCUT2D eigenvalue weighted by Gasteiger charge is -2.13. The van der Waals surface area contributed by atoms with Gasteiger partial charge in [-0.25, -0.2) is 4.39 Å². The minimum atomic E-state index is -0.489. The van der Waals surface area contributed by atoms with Crippen molar-refractivity contribution in [2.75, 3.05) is 26.5 Å². The Balaban J connectivity index is 3.32. The Morgan fingerprint density at radius 2 is 2.33 bits per heavy atom. The molecule has 0 aromatic heterocycles. The number of hydrogen-bond donors (Lipinski definition) is 0. The van der Waals surface area contributed by atoms with Gasteiger partial charge in [0.25, 0.3) is 0 Å². The molecule has 0 aromatic rings. The minimum Gasteiger partial charge on any atom is -0.375 e. The Bertz CT molecular complexity index is 107. The van der Waals surface area contributed by atoms with E-state index in [0.717, 1.165) is 6.42 Å². The van der Waals surface area contributed by atoms with Crippen LogP contribution in [0, 0.1) is 0 Å². The molecule has 0 saturated heterocycles. The third kappa shape index (κ3) is 6.31. The van der Waals surface area contributed by atoms with E-state index in [0.29, 0.717) is 19.8 Å². The van der Waals surface area contributed by atoms with E-state index < -0.39 is 12.8 Å². The van der Waals surface area contributed by atoms with E-state index in [1.54, 1.807) is 6.08 Å². The molecule has 0 N–H and O–H groups in total. The molecule has 0 aromatic carbocycles. The molecule has 72 valence electrons. The summed E-state index contributed by atoms with van der Waals surface area (Å²) in [5, 5.41) is 0. The lowest BCUT2D eigenvalue weighted by atomic mass is 10.4. The monoisotopic (exact) mass is 176 g/mol. The number of alkyl halides is 1. The summed E-state index contributed by atoms with van der Waals surface area (Å²) in [5.41, 5.74) is 0. The topological polar surface area (TPSA) is 18.5 Å². The van der Waals surface area contributed by atoms with Crippen LogP contribution in [0.1, 0.15) is 13.3 Å². The molecule has 0 amide bonds. The van der Waals surface area contributed by atoms with Crippen LogP contribution in [0.25, 0.3) is 0 Å². The van der Waals surface area contributed by atoms with Gasteiger partial charge in [-0.15, -0.1) is 6.58 Å². The molecule has 0 bridgehead atoms. The van der Waals surface area contributed by atoms with Crippen molar-refractivity contribution in [3.8, 4) is 0 Å². The normalized spacial score (nSPS) is 12.8. The second kappa shape index (κ2) is 8.68. The Labute approximate surface area is 73.4 Å². The van der Waals surface area contributed by atoms with Crippen LogP contribution >= 0.6 is 0 Å². The van der Waals surface area contributed by atoms with Crippen molar-refractivity contribution >= 4 is 0 Å². The van der Waals surface area contributed by atoms with E-state index in [2.05, 4.69) is 6.58 Å².